The van der Waals surface area contributed by atoms with Crippen molar-refractivity contribution in [2.75, 3.05) is 13.1 Å². The molecule has 0 saturated heterocycles. The number of rotatable bonds is 8. The van der Waals surface area contributed by atoms with Crippen molar-refractivity contribution in [3.63, 3.8) is 0 Å². The summed E-state index contributed by atoms with van der Waals surface area (Å²) in [7, 11) is -3.95. The molecule has 0 heterocycles. The summed E-state index contributed by atoms with van der Waals surface area (Å²) in [6.07, 6.45) is 2.10. The van der Waals surface area contributed by atoms with Crippen LogP contribution in [0.25, 0.3) is 0 Å². The zero-order valence-electron chi connectivity index (χ0n) is 12.5. The van der Waals surface area contributed by atoms with E-state index in [2.05, 4.69) is 10.0 Å². The van der Waals surface area contributed by atoms with Gasteiger partial charge in [-0.25, -0.2) is 17.5 Å². The van der Waals surface area contributed by atoms with E-state index < -0.39 is 20.7 Å². The molecule has 1 aliphatic carbocycles. The minimum Gasteiger partial charge on any atom is -0.352 e. The van der Waals surface area contributed by atoms with Gasteiger partial charge in [-0.2, -0.15) is 0 Å². The highest BCUT2D eigenvalue weighted by molar-refractivity contribution is 7.89. The van der Waals surface area contributed by atoms with Gasteiger partial charge in [-0.3, -0.25) is 4.79 Å². The fourth-order valence-electron chi connectivity index (χ4n) is 2.19. The Morgan fingerprint density at radius 3 is 2.57 bits per heavy atom. The average Bonchev–Trinajstić information content (AvgIpc) is 3.29. The van der Waals surface area contributed by atoms with Crippen molar-refractivity contribution in [2.24, 2.45) is 11.7 Å². The minimum atomic E-state index is -3.95. The number of sulfonamides is 1. The Labute approximate surface area is 141 Å². The molecule has 4 N–H and O–H groups in total. The molecule has 0 aliphatic heterocycles. The predicted octanol–water partition coefficient (Wildman–Crippen LogP) is 0.769. The molecule has 0 aromatic heterocycles. The second kappa shape index (κ2) is 8.58. The van der Waals surface area contributed by atoms with Gasteiger partial charge in [0.15, 0.2) is 0 Å². The zero-order valence-corrected chi connectivity index (χ0v) is 14.1. The third-order valence-electron chi connectivity index (χ3n) is 3.56. The van der Waals surface area contributed by atoms with E-state index in [1.54, 1.807) is 0 Å². The number of carbonyl (C=O) groups excluding carboxylic acids is 1. The number of nitrogens with two attached hydrogens (primary N) is 1. The van der Waals surface area contributed by atoms with Crippen LogP contribution in [0.1, 0.15) is 19.3 Å². The van der Waals surface area contributed by atoms with Crippen LogP contribution >= 0.6 is 12.4 Å². The van der Waals surface area contributed by atoms with Crippen LogP contribution in [0, 0.1) is 11.7 Å². The fraction of sp³-hybridized carbons (Fsp3) is 0.500. The zero-order chi connectivity index (χ0) is 16.2. The quantitative estimate of drug-likeness (QED) is 0.633. The molecule has 1 atom stereocenters. The van der Waals surface area contributed by atoms with Crippen LogP contribution in [0.2, 0.25) is 0 Å². The Hall–Kier alpha value is -1.22. The normalized spacial score (nSPS) is 15.6. The number of amides is 1. The summed E-state index contributed by atoms with van der Waals surface area (Å²) in [4.78, 5) is 11.3. The topological polar surface area (TPSA) is 101 Å². The summed E-state index contributed by atoms with van der Waals surface area (Å²) in [5.41, 5.74) is 5.58. The van der Waals surface area contributed by atoms with Crippen LogP contribution in [0.15, 0.2) is 29.2 Å². The lowest BCUT2D eigenvalue weighted by Gasteiger charge is -2.16. The van der Waals surface area contributed by atoms with Crippen molar-refractivity contribution in [1.29, 1.82) is 0 Å². The molecule has 1 aliphatic rings. The van der Waals surface area contributed by atoms with E-state index in [9.17, 15) is 17.6 Å². The fourth-order valence-corrected chi connectivity index (χ4v) is 3.29. The number of carbonyl (C=O) groups is 1. The van der Waals surface area contributed by atoms with Crippen LogP contribution in [-0.4, -0.2) is 33.5 Å². The molecule has 1 aromatic rings. The van der Waals surface area contributed by atoms with Crippen molar-refractivity contribution in [3.8, 4) is 0 Å². The maximum absolute atomic E-state index is 13.5. The lowest BCUT2D eigenvalue weighted by Crippen LogP contribution is -2.42. The Kier molecular flexibility index (Phi) is 7.40. The van der Waals surface area contributed by atoms with E-state index in [-0.39, 0.29) is 37.3 Å². The maximum Gasteiger partial charge on any atom is 0.243 e. The third kappa shape index (κ3) is 5.72. The van der Waals surface area contributed by atoms with Gasteiger partial charge in [0.1, 0.15) is 10.7 Å². The number of hydrogen-bond donors (Lipinski definition) is 3. The van der Waals surface area contributed by atoms with Gasteiger partial charge >= 0.3 is 0 Å². The van der Waals surface area contributed by atoms with Crippen LogP contribution < -0.4 is 15.8 Å². The molecule has 6 nitrogen and oxygen atoms in total. The molecule has 1 amide bonds. The average molecular weight is 366 g/mol. The summed E-state index contributed by atoms with van der Waals surface area (Å²) in [6, 6.07) is 5.05. The minimum absolute atomic E-state index is 0. The van der Waals surface area contributed by atoms with Crippen molar-refractivity contribution >= 4 is 28.3 Å². The van der Waals surface area contributed by atoms with Gasteiger partial charge in [0.2, 0.25) is 15.9 Å². The van der Waals surface area contributed by atoms with Crippen molar-refractivity contribution in [2.45, 2.75) is 30.2 Å². The van der Waals surface area contributed by atoms with E-state index in [1.807, 2.05) is 0 Å². The first kappa shape index (κ1) is 19.8. The monoisotopic (exact) mass is 365 g/mol. The van der Waals surface area contributed by atoms with Gasteiger partial charge in [0.05, 0.1) is 0 Å². The lowest BCUT2D eigenvalue weighted by atomic mass is 10.2. The van der Waals surface area contributed by atoms with Crippen LogP contribution in [-0.2, 0) is 14.8 Å². The summed E-state index contributed by atoms with van der Waals surface area (Å²) in [5, 5.41) is 2.79. The van der Waals surface area contributed by atoms with Gasteiger partial charge in [0, 0.05) is 25.6 Å². The Morgan fingerprint density at radius 2 is 2.00 bits per heavy atom. The van der Waals surface area contributed by atoms with Gasteiger partial charge in [0.25, 0.3) is 0 Å². The van der Waals surface area contributed by atoms with E-state index in [4.69, 9.17) is 5.73 Å². The first-order chi connectivity index (χ1) is 10.4. The SMILES string of the molecule is Cl.NCC(NC(=O)CCNS(=O)(=O)c1ccccc1F)C1CC1. The number of benzene rings is 1. The van der Waals surface area contributed by atoms with E-state index >= 15 is 0 Å². The number of nitrogens with one attached hydrogen (secondary N) is 2. The molecule has 130 valence electrons. The maximum atomic E-state index is 13.5. The number of hydrogen-bond acceptors (Lipinski definition) is 4. The third-order valence-corrected chi connectivity index (χ3v) is 5.06. The lowest BCUT2D eigenvalue weighted by molar-refractivity contribution is -0.121. The second-order valence-corrected chi connectivity index (χ2v) is 7.06. The first-order valence-electron chi connectivity index (χ1n) is 7.17. The predicted molar refractivity (Wildman–Crippen MR) is 87.2 cm³/mol. The highest BCUT2D eigenvalue weighted by Crippen LogP contribution is 2.32. The molecule has 1 aromatic carbocycles. The summed E-state index contributed by atoms with van der Waals surface area (Å²) < 4.78 is 39.6. The summed E-state index contributed by atoms with van der Waals surface area (Å²) >= 11 is 0. The Balaban J connectivity index is 0.00000264. The van der Waals surface area contributed by atoms with Crippen molar-refractivity contribution in [1.82, 2.24) is 10.0 Å². The summed E-state index contributed by atoms with van der Waals surface area (Å²) in [5.74, 6) is -0.654. The van der Waals surface area contributed by atoms with Crippen molar-refractivity contribution < 1.29 is 17.6 Å². The van der Waals surface area contributed by atoms with Gasteiger partial charge < -0.3 is 11.1 Å². The number of halogens is 2. The Bertz CT molecular complexity index is 638. The highest BCUT2D eigenvalue weighted by Gasteiger charge is 2.31. The second-order valence-electron chi connectivity index (χ2n) is 5.33. The molecule has 0 radical (unpaired) electrons. The molecular weight excluding hydrogens is 345 g/mol. The summed E-state index contributed by atoms with van der Waals surface area (Å²) in [6.45, 7) is 0.280. The molecule has 0 spiro atoms. The molecule has 1 fully saturated rings. The molecule has 2 rings (SSSR count). The van der Waals surface area contributed by atoms with E-state index in [0.717, 1.165) is 18.9 Å². The van der Waals surface area contributed by atoms with Crippen LogP contribution in [0.5, 0.6) is 0 Å². The standard InChI is InChI=1S/C14H20FN3O3S.ClH/c15-11-3-1-2-4-13(11)22(20,21)17-8-7-14(19)18-12(9-16)10-5-6-10;/h1-4,10,12,17H,5-9,16H2,(H,18,19);1H. The molecule has 1 saturated carbocycles. The van der Waals surface area contributed by atoms with Crippen LogP contribution in [0.4, 0.5) is 4.39 Å². The van der Waals surface area contributed by atoms with E-state index in [1.165, 1.54) is 18.2 Å². The van der Waals surface area contributed by atoms with Gasteiger partial charge in [-0.1, -0.05) is 12.1 Å². The van der Waals surface area contributed by atoms with Gasteiger partial charge in [-0.15, -0.1) is 12.4 Å². The Morgan fingerprint density at radius 1 is 1.35 bits per heavy atom. The molecular formula is C14H21ClFN3O3S. The highest BCUT2D eigenvalue weighted by atomic mass is 35.5. The molecule has 23 heavy (non-hydrogen) atoms. The largest absolute Gasteiger partial charge is 0.352 e. The van der Waals surface area contributed by atoms with Crippen LogP contribution in [0.3, 0.4) is 0 Å². The molecule has 1 unspecified atom stereocenters. The smallest absolute Gasteiger partial charge is 0.243 e. The van der Waals surface area contributed by atoms with Gasteiger partial charge in [-0.05, 0) is 30.9 Å². The van der Waals surface area contributed by atoms with E-state index in [0.29, 0.717) is 12.5 Å². The first-order valence-corrected chi connectivity index (χ1v) is 8.66. The molecule has 9 heteroatoms. The molecule has 0 bridgehead atoms. The van der Waals surface area contributed by atoms with Crippen molar-refractivity contribution in [3.05, 3.63) is 30.1 Å².